The first-order chi connectivity index (χ1) is 13.7. The number of rotatable bonds is 9. The van der Waals surface area contributed by atoms with Gasteiger partial charge >= 0.3 is 0 Å². The third kappa shape index (κ3) is 4.95. The second-order valence-corrected chi connectivity index (χ2v) is 7.62. The van der Waals surface area contributed by atoms with E-state index in [2.05, 4.69) is 54.8 Å². The van der Waals surface area contributed by atoms with Gasteiger partial charge in [0.05, 0.1) is 11.6 Å². The maximum Gasteiger partial charge on any atom is 0.0991 e. The first-order valence-corrected chi connectivity index (χ1v) is 10.6. The van der Waals surface area contributed by atoms with Crippen LogP contribution >= 0.6 is 0 Å². The predicted octanol–water partition coefficient (Wildman–Crippen LogP) is 6.46. The lowest BCUT2D eigenvalue weighted by molar-refractivity contribution is 0.550. The minimum atomic E-state index is 0.507. The Morgan fingerprint density at radius 3 is 2.75 bits per heavy atom. The molecule has 146 valence electrons. The van der Waals surface area contributed by atoms with Crippen molar-refractivity contribution in [3.8, 4) is 17.2 Å². The Hall–Kier alpha value is -2.73. The molecule has 1 aliphatic rings. The Kier molecular flexibility index (Phi) is 7.14. The summed E-state index contributed by atoms with van der Waals surface area (Å²) < 4.78 is 0. The maximum atomic E-state index is 9.25. The third-order valence-corrected chi connectivity index (χ3v) is 5.42. The first kappa shape index (κ1) is 20.0. The summed E-state index contributed by atoms with van der Waals surface area (Å²) in [5, 5.41) is 16.5. The molecule has 1 aliphatic heterocycles. The highest BCUT2D eigenvalue weighted by Gasteiger charge is 2.16. The highest BCUT2D eigenvalue weighted by Crippen LogP contribution is 2.32. The summed E-state index contributed by atoms with van der Waals surface area (Å²) in [6, 6.07) is 15.1. The van der Waals surface area contributed by atoms with E-state index in [4.69, 9.17) is 0 Å². The van der Waals surface area contributed by atoms with Crippen molar-refractivity contribution in [2.45, 2.75) is 65.0 Å². The Morgan fingerprint density at radius 1 is 1.07 bits per heavy atom. The molecule has 1 unspecified atom stereocenters. The average Bonchev–Trinajstić information content (AvgIpc) is 2.74. The number of benzene rings is 2. The lowest BCUT2D eigenvalue weighted by atomic mass is 9.94. The van der Waals surface area contributed by atoms with Crippen LogP contribution in [0.3, 0.4) is 0 Å². The van der Waals surface area contributed by atoms with Gasteiger partial charge in [0.1, 0.15) is 0 Å². The molecular formula is C25H31N3. The standard InChI is InChI=1S/C25H31N3/c1-3-5-6-11-23(8-4-2)28-25-16-22(15-21-12-13-27-18-24(21)25)20-10-7-9-19(14-20)17-26/h7,9-10,12-16,23,27-28H,3-6,8,11,18H2,1-2H3. The van der Waals surface area contributed by atoms with Crippen LogP contribution in [0.5, 0.6) is 0 Å². The number of nitriles is 1. The molecule has 0 saturated carbocycles. The number of nitrogens with one attached hydrogen (secondary N) is 2. The second-order valence-electron chi connectivity index (χ2n) is 7.62. The quantitative estimate of drug-likeness (QED) is 0.496. The molecular weight excluding hydrogens is 342 g/mol. The molecule has 0 spiro atoms. The molecule has 2 aromatic carbocycles. The molecule has 0 radical (unpaired) electrons. The van der Waals surface area contributed by atoms with E-state index < -0.39 is 0 Å². The maximum absolute atomic E-state index is 9.25. The van der Waals surface area contributed by atoms with Crippen LogP contribution in [0.1, 0.15) is 69.1 Å². The van der Waals surface area contributed by atoms with Crippen LogP contribution in [0.15, 0.2) is 42.6 Å². The summed E-state index contributed by atoms with van der Waals surface area (Å²) in [6.07, 6.45) is 11.6. The molecule has 1 atom stereocenters. The van der Waals surface area contributed by atoms with Crippen molar-refractivity contribution in [3.05, 3.63) is 59.3 Å². The summed E-state index contributed by atoms with van der Waals surface area (Å²) in [5.74, 6) is 0. The number of nitrogens with zero attached hydrogens (tertiary/aromatic N) is 1. The molecule has 0 fully saturated rings. The van der Waals surface area contributed by atoms with E-state index in [-0.39, 0.29) is 0 Å². The summed E-state index contributed by atoms with van der Waals surface area (Å²) in [6.45, 7) is 5.37. The molecule has 3 nitrogen and oxygen atoms in total. The van der Waals surface area contributed by atoms with E-state index in [9.17, 15) is 5.26 Å². The van der Waals surface area contributed by atoms with E-state index >= 15 is 0 Å². The lowest BCUT2D eigenvalue weighted by Gasteiger charge is -2.25. The van der Waals surface area contributed by atoms with Crippen molar-refractivity contribution in [3.63, 3.8) is 0 Å². The van der Waals surface area contributed by atoms with Gasteiger partial charge in [-0.05, 0) is 66.1 Å². The smallest absolute Gasteiger partial charge is 0.0991 e. The topological polar surface area (TPSA) is 47.9 Å². The molecule has 28 heavy (non-hydrogen) atoms. The Labute approximate surface area is 169 Å². The zero-order chi connectivity index (χ0) is 19.8. The van der Waals surface area contributed by atoms with E-state index in [1.54, 1.807) is 0 Å². The summed E-state index contributed by atoms with van der Waals surface area (Å²) in [5.41, 5.74) is 6.76. The molecule has 1 heterocycles. The predicted molar refractivity (Wildman–Crippen MR) is 119 cm³/mol. The van der Waals surface area contributed by atoms with Gasteiger partial charge in [0.2, 0.25) is 0 Å². The first-order valence-electron chi connectivity index (χ1n) is 10.6. The van der Waals surface area contributed by atoms with Gasteiger partial charge in [0.25, 0.3) is 0 Å². The number of unbranched alkanes of at least 4 members (excludes halogenated alkanes) is 2. The molecule has 2 N–H and O–H groups in total. The van der Waals surface area contributed by atoms with Crippen LogP contribution < -0.4 is 10.6 Å². The van der Waals surface area contributed by atoms with Gasteiger partial charge < -0.3 is 10.6 Å². The molecule has 0 aromatic heterocycles. The average molecular weight is 374 g/mol. The highest BCUT2D eigenvalue weighted by atomic mass is 14.9. The van der Waals surface area contributed by atoms with Crippen LogP contribution in [0, 0.1) is 11.3 Å². The van der Waals surface area contributed by atoms with Gasteiger partial charge in [0.15, 0.2) is 0 Å². The van der Waals surface area contributed by atoms with Crippen LogP contribution in [-0.4, -0.2) is 6.04 Å². The number of anilines is 1. The van der Waals surface area contributed by atoms with Crippen molar-refractivity contribution in [2.24, 2.45) is 0 Å². The molecule has 2 aromatic rings. The fourth-order valence-corrected chi connectivity index (χ4v) is 3.91. The zero-order valence-electron chi connectivity index (χ0n) is 17.1. The van der Waals surface area contributed by atoms with Crippen LogP contribution in [0.25, 0.3) is 17.2 Å². The van der Waals surface area contributed by atoms with Gasteiger partial charge in [-0.1, -0.05) is 51.7 Å². The minimum absolute atomic E-state index is 0.507. The van der Waals surface area contributed by atoms with Gasteiger partial charge in [0, 0.05) is 23.8 Å². The molecule has 0 bridgehead atoms. The Morgan fingerprint density at radius 2 is 1.96 bits per heavy atom. The third-order valence-electron chi connectivity index (χ3n) is 5.42. The SMILES string of the molecule is CCCCCC(CCC)Nc1cc(-c2cccc(C#N)c2)cc2c1CNC=C2. The van der Waals surface area contributed by atoms with Crippen LogP contribution in [0.4, 0.5) is 5.69 Å². The molecule has 0 amide bonds. The number of fused-ring (bicyclic) bond motifs is 1. The second kappa shape index (κ2) is 9.99. The Balaban J connectivity index is 1.94. The van der Waals surface area contributed by atoms with Crippen LogP contribution in [-0.2, 0) is 6.54 Å². The molecule has 0 saturated heterocycles. The van der Waals surface area contributed by atoms with Gasteiger partial charge in [-0.15, -0.1) is 0 Å². The monoisotopic (exact) mass is 373 g/mol. The number of hydrogen-bond acceptors (Lipinski definition) is 3. The number of hydrogen-bond donors (Lipinski definition) is 2. The van der Waals surface area contributed by atoms with E-state index in [1.807, 2.05) is 24.4 Å². The zero-order valence-corrected chi connectivity index (χ0v) is 17.1. The van der Waals surface area contributed by atoms with Crippen LogP contribution in [0.2, 0.25) is 0 Å². The summed E-state index contributed by atoms with van der Waals surface area (Å²) >= 11 is 0. The van der Waals surface area contributed by atoms with Crippen molar-refractivity contribution < 1.29 is 0 Å². The van der Waals surface area contributed by atoms with Crippen molar-refractivity contribution in [2.75, 3.05) is 5.32 Å². The Bertz CT molecular complexity index is 861. The van der Waals surface area contributed by atoms with Crippen molar-refractivity contribution in [1.29, 1.82) is 5.26 Å². The normalized spacial score (nSPS) is 13.3. The van der Waals surface area contributed by atoms with Gasteiger partial charge in [-0.3, -0.25) is 0 Å². The highest BCUT2D eigenvalue weighted by molar-refractivity contribution is 5.77. The summed E-state index contributed by atoms with van der Waals surface area (Å²) in [7, 11) is 0. The lowest BCUT2D eigenvalue weighted by Crippen LogP contribution is -2.22. The molecule has 0 aliphatic carbocycles. The van der Waals surface area contributed by atoms with E-state index in [1.165, 1.54) is 55.3 Å². The molecule has 3 rings (SSSR count). The van der Waals surface area contributed by atoms with E-state index in [0.717, 1.165) is 17.7 Å². The van der Waals surface area contributed by atoms with E-state index in [0.29, 0.717) is 11.6 Å². The largest absolute Gasteiger partial charge is 0.387 e. The fraction of sp³-hybridized carbons (Fsp3) is 0.400. The molecule has 3 heteroatoms. The minimum Gasteiger partial charge on any atom is -0.387 e. The van der Waals surface area contributed by atoms with Gasteiger partial charge in [-0.2, -0.15) is 5.26 Å². The summed E-state index contributed by atoms with van der Waals surface area (Å²) in [4.78, 5) is 0. The van der Waals surface area contributed by atoms with Gasteiger partial charge in [-0.25, -0.2) is 0 Å². The van der Waals surface area contributed by atoms with Crippen molar-refractivity contribution >= 4 is 11.8 Å². The fourth-order valence-electron chi connectivity index (χ4n) is 3.91. The van der Waals surface area contributed by atoms with Crippen molar-refractivity contribution in [1.82, 2.24) is 5.32 Å².